The highest BCUT2D eigenvalue weighted by Crippen LogP contribution is 2.24. The molecule has 106 valence electrons. The summed E-state index contributed by atoms with van der Waals surface area (Å²) in [5.41, 5.74) is 3.18. The number of hydrazine groups is 1. The summed E-state index contributed by atoms with van der Waals surface area (Å²) in [6, 6.07) is 4.73. The van der Waals surface area contributed by atoms with Crippen molar-refractivity contribution < 1.29 is 8.42 Å². The lowest BCUT2D eigenvalue weighted by Gasteiger charge is -2.11. The Kier molecular flexibility index (Phi) is 4.21. The first-order valence-electron chi connectivity index (χ1n) is 5.50. The van der Waals surface area contributed by atoms with E-state index in [4.69, 9.17) is 5.84 Å². The van der Waals surface area contributed by atoms with Crippen molar-refractivity contribution in [2.24, 2.45) is 5.84 Å². The molecule has 2 aromatic heterocycles. The molecule has 9 heteroatoms. The summed E-state index contributed by atoms with van der Waals surface area (Å²) in [6.45, 7) is 1.86. The summed E-state index contributed by atoms with van der Waals surface area (Å²) in [6.07, 6.45) is 3.01. The van der Waals surface area contributed by atoms with Gasteiger partial charge in [0.05, 0.1) is 0 Å². The lowest BCUT2D eigenvalue weighted by Crippen LogP contribution is -2.19. The second-order valence-electron chi connectivity index (χ2n) is 3.97. The minimum Gasteiger partial charge on any atom is -0.307 e. The zero-order valence-electron chi connectivity index (χ0n) is 10.5. The molecule has 0 aliphatic rings. The van der Waals surface area contributed by atoms with Crippen LogP contribution < -0.4 is 16.0 Å². The van der Waals surface area contributed by atoms with Crippen molar-refractivity contribution in [1.29, 1.82) is 0 Å². The molecule has 0 spiro atoms. The number of anilines is 2. The quantitative estimate of drug-likeness (QED) is 0.566. The number of sulfonamides is 1. The van der Waals surface area contributed by atoms with Gasteiger partial charge in [-0.2, -0.15) is 0 Å². The van der Waals surface area contributed by atoms with Crippen molar-refractivity contribution in [2.45, 2.75) is 11.8 Å². The van der Waals surface area contributed by atoms with Crippen molar-refractivity contribution in [1.82, 2.24) is 9.97 Å². The normalized spacial score (nSPS) is 11.2. The Balaban J connectivity index is 2.40. The van der Waals surface area contributed by atoms with Gasteiger partial charge in [-0.3, -0.25) is 4.72 Å². The first-order valence-corrected chi connectivity index (χ1v) is 7.77. The van der Waals surface area contributed by atoms with Gasteiger partial charge in [-0.25, -0.2) is 24.2 Å². The zero-order chi connectivity index (χ0) is 14.8. The van der Waals surface area contributed by atoms with Gasteiger partial charge in [0, 0.05) is 16.9 Å². The Morgan fingerprint density at radius 3 is 2.60 bits per heavy atom. The van der Waals surface area contributed by atoms with E-state index in [2.05, 4.69) is 36.0 Å². The van der Waals surface area contributed by atoms with Crippen LogP contribution in [0.15, 0.2) is 40.0 Å². The number of hydrogen-bond acceptors (Lipinski definition) is 6. The molecule has 0 amide bonds. The van der Waals surface area contributed by atoms with E-state index in [0.29, 0.717) is 4.47 Å². The van der Waals surface area contributed by atoms with E-state index >= 15 is 0 Å². The first kappa shape index (κ1) is 14.7. The maximum Gasteiger partial charge on any atom is 0.266 e. The topological polar surface area (TPSA) is 110 Å². The third kappa shape index (κ3) is 3.24. The third-order valence-electron chi connectivity index (χ3n) is 2.40. The maximum atomic E-state index is 12.3. The number of pyridine rings is 2. The number of hydrogen-bond donors (Lipinski definition) is 3. The predicted molar refractivity (Wildman–Crippen MR) is 79.5 cm³/mol. The molecule has 0 unspecified atom stereocenters. The minimum atomic E-state index is -3.84. The third-order valence-corrected chi connectivity index (χ3v) is 4.20. The van der Waals surface area contributed by atoms with Gasteiger partial charge in [-0.1, -0.05) is 6.07 Å². The van der Waals surface area contributed by atoms with Gasteiger partial charge in [-0.15, -0.1) is 0 Å². The number of aryl methyl sites for hydroxylation is 1. The Hall–Kier alpha value is -1.71. The number of nitrogen functional groups attached to an aromatic ring is 1. The highest BCUT2D eigenvalue weighted by Gasteiger charge is 2.20. The van der Waals surface area contributed by atoms with Crippen LogP contribution >= 0.6 is 15.9 Å². The largest absolute Gasteiger partial charge is 0.307 e. The molecular weight excluding hydrogens is 346 g/mol. The van der Waals surface area contributed by atoms with E-state index in [-0.39, 0.29) is 16.5 Å². The first-order chi connectivity index (χ1) is 9.42. The molecule has 0 aromatic carbocycles. The minimum absolute atomic E-state index is 0.0489. The second-order valence-corrected chi connectivity index (χ2v) is 6.54. The molecule has 20 heavy (non-hydrogen) atoms. The van der Waals surface area contributed by atoms with Crippen LogP contribution in [0.25, 0.3) is 0 Å². The smallest absolute Gasteiger partial charge is 0.266 e. The molecule has 2 aromatic rings. The van der Waals surface area contributed by atoms with Gasteiger partial charge in [-0.05, 0) is 40.5 Å². The maximum absolute atomic E-state index is 12.3. The Morgan fingerprint density at radius 2 is 2.00 bits per heavy atom. The summed E-state index contributed by atoms with van der Waals surface area (Å²) in [5, 5.41) is 0. The fourth-order valence-electron chi connectivity index (χ4n) is 1.45. The molecule has 0 saturated heterocycles. The summed E-state index contributed by atoms with van der Waals surface area (Å²) in [7, 11) is -3.84. The lowest BCUT2D eigenvalue weighted by molar-refractivity contribution is 0.601. The van der Waals surface area contributed by atoms with Crippen molar-refractivity contribution in [2.75, 3.05) is 10.1 Å². The van der Waals surface area contributed by atoms with Crippen LogP contribution in [-0.4, -0.2) is 18.4 Å². The Bertz CT molecular complexity index is 718. The lowest BCUT2D eigenvalue weighted by atomic mass is 10.3. The van der Waals surface area contributed by atoms with Crippen molar-refractivity contribution in [3.05, 3.63) is 40.6 Å². The Labute approximate surface area is 124 Å². The van der Waals surface area contributed by atoms with Crippen LogP contribution in [0.2, 0.25) is 0 Å². The standard InChI is InChI=1S/C11H12BrN5O2S/c1-7-2-3-10(14-5-7)17-20(18,19)9-4-8(12)6-15-11(9)16-13/h2-6H,13H2,1H3,(H,14,17)(H,15,16). The second kappa shape index (κ2) is 5.73. The summed E-state index contributed by atoms with van der Waals surface area (Å²) in [4.78, 5) is 7.82. The summed E-state index contributed by atoms with van der Waals surface area (Å²) in [5.74, 6) is 5.54. The van der Waals surface area contributed by atoms with Crippen LogP contribution in [0.4, 0.5) is 11.6 Å². The SMILES string of the molecule is Cc1ccc(NS(=O)(=O)c2cc(Br)cnc2NN)nc1. The van der Waals surface area contributed by atoms with E-state index in [0.717, 1.165) is 5.56 Å². The molecule has 0 aliphatic heterocycles. The van der Waals surface area contributed by atoms with Gasteiger partial charge in [0.25, 0.3) is 10.0 Å². The predicted octanol–water partition coefficient (Wildman–Crippen LogP) is 1.63. The average molecular weight is 358 g/mol. The molecular formula is C11H12BrN5O2S. The molecule has 0 bridgehead atoms. The average Bonchev–Trinajstić information content (AvgIpc) is 2.41. The van der Waals surface area contributed by atoms with Gasteiger partial charge < -0.3 is 5.43 Å². The monoisotopic (exact) mass is 357 g/mol. The van der Waals surface area contributed by atoms with Crippen LogP contribution in [0.1, 0.15) is 5.56 Å². The molecule has 2 heterocycles. The van der Waals surface area contributed by atoms with Crippen LogP contribution in [0, 0.1) is 6.92 Å². The van der Waals surface area contributed by atoms with E-state index in [1.54, 1.807) is 18.3 Å². The zero-order valence-corrected chi connectivity index (χ0v) is 12.9. The van der Waals surface area contributed by atoms with Gasteiger partial charge >= 0.3 is 0 Å². The number of nitrogens with two attached hydrogens (primary N) is 1. The fraction of sp³-hybridized carbons (Fsp3) is 0.0909. The van der Waals surface area contributed by atoms with Crippen molar-refractivity contribution in [3.8, 4) is 0 Å². The van der Waals surface area contributed by atoms with Crippen LogP contribution in [0.5, 0.6) is 0 Å². The highest BCUT2D eigenvalue weighted by molar-refractivity contribution is 9.10. The van der Waals surface area contributed by atoms with Gasteiger partial charge in [0.2, 0.25) is 0 Å². The molecule has 0 saturated carbocycles. The van der Waals surface area contributed by atoms with E-state index in [1.165, 1.54) is 12.3 Å². The molecule has 0 radical (unpaired) electrons. The van der Waals surface area contributed by atoms with Crippen LogP contribution in [0.3, 0.4) is 0 Å². The molecule has 4 N–H and O–H groups in total. The molecule has 2 rings (SSSR count). The van der Waals surface area contributed by atoms with Crippen LogP contribution in [-0.2, 0) is 10.0 Å². The number of aromatic nitrogens is 2. The highest BCUT2D eigenvalue weighted by atomic mass is 79.9. The fourth-order valence-corrected chi connectivity index (χ4v) is 3.09. The number of rotatable bonds is 4. The van der Waals surface area contributed by atoms with Gasteiger partial charge in [0.15, 0.2) is 5.82 Å². The Morgan fingerprint density at radius 1 is 1.25 bits per heavy atom. The van der Waals surface area contributed by atoms with E-state index in [9.17, 15) is 8.42 Å². The summed E-state index contributed by atoms with van der Waals surface area (Å²) < 4.78 is 27.5. The molecule has 0 atom stereocenters. The molecule has 7 nitrogen and oxygen atoms in total. The van der Waals surface area contributed by atoms with E-state index < -0.39 is 10.0 Å². The van der Waals surface area contributed by atoms with E-state index in [1.807, 2.05) is 6.92 Å². The number of halogens is 1. The number of nitrogens with zero attached hydrogens (tertiary/aromatic N) is 2. The van der Waals surface area contributed by atoms with Crippen molar-refractivity contribution in [3.63, 3.8) is 0 Å². The number of nitrogens with one attached hydrogen (secondary N) is 2. The van der Waals surface area contributed by atoms with Crippen molar-refractivity contribution >= 4 is 37.6 Å². The summed E-state index contributed by atoms with van der Waals surface area (Å²) >= 11 is 3.17. The van der Waals surface area contributed by atoms with Gasteiger partial charge in [0.1, 0.15) is 10.7 Å². The molecule has 0 aliphatic carbocycles. The molecule has 0 fully saturated rings.